The lowest BCUT2D eigenvalue weighted by Gasteiger charge is -2.16. The number of Topliss-reactive ketones (excluding diaryl/α,β-unsaturated/α-hetero) is 1. The van der Waals surface area contributed by atoms with E-state index in [1.807, 2.05) is 12.2 Å². The van der Waals surface area contributed by atoms with Gasteiger partial charge in [0.2, 0.25) is 17.6 Å². The second-order valence-electron chi connectivity index (χ2n) is 7.50. The average Bonchev–Trinajstić information content (AvgIpc) is 3.04. The molecule has 2 aromatic rings. The molecule has 1 aliphatic carbocycles. The highest BCUT2D eigenvalue weighted by Gasteiger charge is 2.47. The summed E-state index contributed by atoms with van der Waals surface area (Å²) in [6, 6.07) is 14.8. The standard InChI is InChI=1S/C24H21NO5/c1-15(21(26)16-8-3-2-4-9-16)30-24(29)17-10-7-11-18(14-17)25-22(27)19-12-5-6-13-20(19)23(25)28/h2-11,14-15,19-20H,12-13H2,1H3/t15-,19-,20-/m0/s1. The zero-order valence-electron chi connectivity index (χ0n) is 16.5. The summed E-state index contributed by atoms with van der Waals surface area (Å²) in [5.41, 5.74) is 0.973. The largest absolute Gasteiger partial charge is 0.451 e. The molecule has 0 radical (unpaired) electrons. The molecule has 2 amide bonds. The lowest BCUT2D eigenvalue weighted by molar-refractivity contribution is -0.122. The number of benzene rings is 2. The van der Waals surface area contributed by atoms with Crippen LogP contribution >= 0.6 is 0 Å². The van der Waals surface area contributed by atoms with Crippen molar-refractivity contribution in [3.8, 4) is 0 Å². The summed E-state index contributed by atoms with van der Waals surface area (Å²) >= 11 is 0. The second-order valence-corrected chi connectivity index (χ2v) is 7.50. The minimum Gasteiger partial charge on any atom is -0.451 e. The van der Waals surface area contributed by atoms with Crippen LogP contribution in [0.5, 0.6) is 0 Å². The average molecular weight is 403 g/mol. The number of anilines is 1. The topological polar surface area (TPSA) is 80.8 Å². The Kier molecular flexibility index (Phi) is 5.31. The third kappa shape index (κ3) is 3.56. The third-order valence-electron chi connectivity index (χ3n) is 5.56. The Morgan fingerprint density at radius 2 is 1.50 bits per heavy atom. The minimum absolute atomic E-state index is 0.175. The first-order chi connectivity index (χ1) is 14.5. The summed E-state index contributed by atoms with van der Waals surface area (Å²) in [6.07, 6.45) is 3.98. The SMILES string of the molecule is C[C@H](OC(=O)c1cccc(N2C(=O)[C@H]3CC=CC[C@@H]3C2=O)c1)C(=O)c1ccccc1. The first kappa shape index (κ1) is 19.8. The second kappa shape index (κ2) is 8.06. The molecule has 0 bridgehead atoms. The monoisotopic (exact) mass is 403 g/mol. The van der Waals surface area contributed by atoms with Gasteiger partial charge in [-0.1, -0.05) is 48.6 Å². The van der Waals surface area contributed by atoms with Crippen LogP contribution in [0.1, 0.15) is 40.5 Å². The van der Waals surface area contributed by atoms with E-state index in [9.17, 15) is 19.2 Å². The van der Waals surface area contributed by atoms with Crippen LogP contribution in [-0.2, 0) is 14.3 Å². The van der Waals surface area contributed by atoms with E-state index in [2.05, 4.69) is 0 Å². The number of carbonyl (C=O) groups excluding carboxylic acids is 4. The van der Waals surface area contributed by atoms with Crippen LogP contribution in [0.2, 0.25) is 0 Å². The molecule has 4 rings (SSSR count). The molecule has 30 heavy (non-hydrogen) atoms. The summed E-state index contributed by atoms with van der Waals surface area (Å²) in [5.74, 6) is -2.17. The summed E-state index contributed by atoms with van der Waals surface area (Å²) in [5, 5.41) is 0. The van der Waals surface area contributed by atoms with Gasteiger partial charge in [-0.15, -0.1) is 0 Å². The van der Waals surface area contributed by atoms with Gasteiger partial charge in [0.05, 0.1) is 23.1 Å². The summed E-state index contributed by atoms with van der Waals surface area (Å²) in [4.78, 5) is 51.7. The summed E-state index contributed by atoms with van der Waals surface area (Å²) < 4.78 is 5.33. The van der Waals surface area contributed by atoms with Gasteiger partial charge in [0.15, 0.2) is 6.10 Å². The zero-order chi connectivity index (χ0) is 21.3. The number of allylic oxidation sites excluding steroid dienone is 2. The van der Waals surface area contributed by atoms with Crippen LogP contribution < -0.4 is 4.90 Å². The number of amides is 2. The molecule has 0 saturated carbocycles. The van der Waals surface area contributed by atoms with Crippen molar-refractivity contribution in [2.75, 3.05) is 4.90 Å². The van der Waals surface area contributed by atoms with E-state index in [0.717, 1.165) is 4.90 Å². The molecule has 6 nitrogen and oxygen atoms in total. The van der Waals surface area contributed by atoms with Crippen LogP contribution in [0.3, 0.4) is 0 Å². The lowest BCUT2D eigenvalue weighted by atomic mass is 9.85. The van der Waals surface area contributed by atoms with E-state index < -0.39 is 12.1 Å². The first-order valence-corrected chi connectivity index (χ1v) is 9.90. The molecule has 3 atom stereocenters. The molecule has 0 aromatic heterocycles. The van der Waals surface area contributed by atoms with Crippen molar-refractivity contribution in [2.45, 2.75) is 25.9 Å². The molecular formula is C24H21NO5. The van der Waals surface area contributed by atoms with Crippen molar-refractivity contribution in [3.05, 3.63) is 77.9 Å². The maximum absolute atomic E-state index is 12.8. The molecule has 0 spiro atoms. The van der Waals surface area contributed by atoms with Crippen molar-refractivity contribution in [1.29, 1.82) is 0 Å². The number of esters is 1. The van der Waals surface area contributed by atoms with Gasteiger partial charge in [-0.25, -0.2) is 4.79 Å². The fraction of sp³-hybridized carbons (Fsp3) is 0.250. The third-order valence-corrected chi connectivity index (χ3v) is 5.56. The lowest BCUT2D eigenvalue weighted by Crippen LogP contribution is -2.31. The van der Waals surface area contributed by atoms with Crippen molar-refractivity contribution >= 4 is 29.3 Å². The predicted octanol–water partition coefficient (Wildman–Crippen LogP) is 3.57. The fourth-order valence-electron chi connectivity index (χ4n) is 3.95. The molecule has 6 heteroatoms. The highest BCUT2D eigenvalue weighted by atomic mass is 16.5. The first-order valence-electron chi connectivity index (χ1n) is 9.90. The molecule has 1 fully saturated rings. The van der Waals surface area contributed by atoms with Gasteiger partial charge in [0, 0.05) is 5.56 Å². The Morgan fingerprint density at radius 1 is 0.900 bits per heavy atom. The molecular weight excluding hydrogens is 382 g/mol. The Morgan fingerprint density at radius 3 is 2.13 bits per heavy atom. The number of hydrogen-bond donors (Lipinski definition) is 0. The number of ketones is 1. The van der Waals surface area contributed by atoms with Gasteiger partial charge in [-0.2, -0.15) is 0 Å². The Bertz CT molecular complexity index is 1020. The number of nitrogens with zero attached hydrogens (tertiary/aromatic N) is 1. The highest BCUT2D eigenvalue weighted by Crippen LogP contribution is 2.37. The van der Waals surface area contributed by atoms with Gasteiger partial charge in [-0.3, -0.25) is 19.3 Å². The maximum atomic E-state index is 12.8. The Hall–Kier alpha value is -3.54. The smallest absolute Gasteiger partial charge is 0.338 e. The van der Waals surface area contributed by atoms with E-state index in [4.69, 9.17) is 4.74 Å². The van der Waals surface area contributed by atoms with E-state index in [0.29, 0.717) is 24.1 Å². The number of imide groups is 1. The van der Waals surface area contributed by atoms with Crippen molar-refractivity contribution in [1.82, 2.24) is 0 Å². The van der Waals surface area contributed by atoms with Crippen molar-refractivity contribution in [3.63, 3.8) is 0 Å². The van der Waals surface area contributed by atoms with Crippen LogP contribution in [0.4, 0.5) is 5.69 Å². The van der Waals surface area contributed by atoms with Crippen molar-refractivity contribution in [2.24, 2.45) is 11.8 Å². The minimum atomic E-state index is -0.965. The van der Waals surface area contributed by atoms with Crippen molar-refractivity contribution < 1.29 is 23.9 Å². The van der Waals surface area contributed by atoms with Crippen LogP contribution in [0.25, 0.3) is 0 Å². The van der Waals surface area contributed by atoms with E-state index >= 15 is 0 Å². The van der Waals surface area contributed by atoms with Gasteiger partial charge < -0.3 is 4.74 Å². The normalized spacial score (nSPS) is 21.3. The summed E-state index contributed by atoms with van der Waals surface area (Å²) in [6.45, 7) is 1.52. The van der Waals surface area contributed by atoms with E-state index in [1.165, 1.54) is 19.1 Å². The molecule has 0 N–H and O–H groups in total. The molecule has 1 saturated heterocycles. The highest BCUT2D eigenvalue weighted by molar-refractivity contribution is 6.22. The predicted molar refractivity (Wildman–Crippen MR) is 110 cm³/mol. The number of carbonyl (C=O) groups is 4. The quantitative estimate of drug-likeness (QED) is 0.330. The number of fused-ring (bicyclic) bond motifs is 1. The van der Waals surface area contributed by atoms with Gasteiger partial charge in [0.25, 0.3) is 0 Å². The summed E-state index contributed by atoms with van der Waals surface area (Å²) in [7, 11) is 0. The molecule has 1 aliphatic heterocycles. The number of rotatable bonds is 5. The van der Waals surface area contributed by atoms with E-state index in [1.54, 1.807) is 42.5 Å². The van der Waals surface area contributed by atoms with Gasteiger partial charge in [0.1, 0.15) is 0 Å². The van der Waals surface area contributed by atoms with Crippen LogP contribution in [-0.4, -0.2) is 29.7 Å². The molecule has 0 unspecified atom stereocenters. The zero-order valence-corrected chi connectivity index (χ0v) is 16.5. The Labute approximate surface area is 174 Å². The van der Waals surface area contributed by atoms with Gasteiger partial charge in [-0.05, 0) is 38.0 Å². The molecule has 152 valence electrons. The number of hydrogen-bond acceptors (Lipinski definition) is 5. The molecule has 2 aromatic carbocycles. The fourth-order valence-corrected chi connectivity index (χ4v) is 3.95. The van der Waals surface area contributed by atoms with Crippen LogP contribution in [0.15, 0.2) is 66.7 Å². The van der Waals surface area contributed by atoms with Gasteiger partial charge >= 0.3 is 5.97 Å². The van der Waals surface area contributed by atoms with E-state index in [-0.39, 0.29) is 35.0 Å². The van der Waals surface area contributed by atoms with Crippen LogP contribution in [0, 0.1) is 11.8 Å². The molecule has 1 heterocycles. The maximum Gasteiger partial charge on any atom is 0.338 e. The Balaban J connectivity index is 1.51. The number of ether oxygens (including phenoxy) is 1. The molecule has 2 aliphatic rings.